The van der Waals surface area contributed by atoms with Crippen molar-refractivity contribution in [2.75, 3.05) is 5.43 Å². The highest BCUT2D eigenvalue weighted by Gasteiger charge is 2.18. The van der Waals surface area contributed by atoms with Gasteiger partial charge in [-0.2, -0.15) is 0 Å². The Hall–Kier alpha value is -1.61. The third-order valence-corrected chi connectivity index (χ3v) is 4.10. The van der Waals surface area contributed by atoms with E-state index < -0.39 is 0 Å². The molecule has 0 amide bonds. The molecule has 0 unspecified atom stereocenters. The molecule has 0 radical (unpaired) electrons. The fraction of sp³-hybridized carbons (Fsp3) is 0.400. The van der Waals surface area contributed by atoms with Gasteiger partial charge in [-0.15, -0.1) is 0 Å². The molecular formula is C15H19N3. The van der Waals surface area contributed by atoms with E-state index >= 15 is 0 Å². The van der Waals surface area contributed by atoms with Gasteiger partial charge in [0.15, 0.2) is 0 Å². The van der Waals surface area contributed by atoms with E-state index in [4.69, 9.17) is 10.8 Å². The van der Waals surface area contributed by atoms with E-state index in [2.05, 4.69) is 31.4 Å². The number of aromatic nitrogens is 1. The minimum absolute atomic E-state index is 1.08. The van der Waals surface area contributed by atoms with Crippen molar-refractivity contribution in [1.29, 1.82) is 0 Å². The van der Waals surface area contributed by atoms with Crippen LogP contribution in [-0.2, 0) is 12.8 Å². The van der Waals surface area contributed by atoms with Gasteiger partial charge in [0.05, 0.1) is 11.2 Å². The third-order valence-electron chi connectivity index (χ3n) is 4.10. The highest BCUT2D eigenvalue weighted by atomic mass is 15.2. The van der Waals surface area contributed by atoms with Crippen LogP contribution in [0.1, 0.15) is 35.2 Å². The minimum atomic E-state index is 1.08. The van der Waals surface area contributed by atoms with Gasteiger partial charge in [0.2, 0.25) is 0 Å². The first-order valence-electron chi connectivity index (χ1n) is 6.60. The largest absolute Gasteiger partial charge is 0.323 e. The van der Waals surface area contributed by atoms with Crippen molar-refractivity contribution in [1.82, 2.24) is 4.98 Å². The Kier molecular flexibility index (Phi) is 2.71. The van der Waals surface area contributed by atoms with Gasteiger partial charge in [0, 0.05) is 11.1 Å². The fourth-order valence-electron chi connectivity index (χ4n) is 2.89. The number of nitrogens with zero attached hydrogens (tertiary/aromatic N) is 1. The number of pyridine rings is 1. The van der Waals surface area contributed by atoms with Gasteiger partial charge in [-0.1, -0.05) is 12.1 Å². The maximum Gasteiger partial charge on any atom is 0.0758 e. The van der Waals surface area contributed by atoms with Crippen LogP contribution >= 0.6 is 0 Å². The molecule has 0 bridgehead atoms. The summed E-state index contributed by atoms with van der Waals surface area (Å²) in [5.74, 6) is 5.75. The number of anilines is 1. The lowest BCUT2D eigenvalue weighted by atomic mass is 9.91. The smallest absolute Gasteiger partial charge is 0.0758 e. The monoisotopic (exact) mass is 241 g/mol. The summed E-state index contributed by atoms with van der Waals surface area (Å²) in [4.78, 5) is 4.89. The van der Waals surface area contributed by atoms with Crippen LogP contribution in [0.2, 0.25) is 0 Å². The Morgan fingerprint density at radius 3 is 2.72 bits per heavy atom. The second-order valence-corrected chi connectivity index (χ2v) is 5.17. The lowest BCUT2D eigenvalue weighted by Crippen LogP contribution is -2.15. The SMILES string of the molecule is Cc1ccc2c(NN)c3c(nc2c1C)CCCC3. The summed E-state index contributed by atoms with van der Waals surface area (Å²) >= 11 is 0. The fourth-order valence-corrected chi connectivity index (χ4v) is 2.89. The van der Waals surface area contributed by atoms with Crippen LogP contribution in [0.4, 0.5) is 5.69 Å². The number of fused-ring (bicyclic) bond motifs is 2. The number of aryl methyl sites for hydroxylation is 3. The summed E-state index contributed by atoms with van der Waals surface area (Å²) in [5.41, 5.74) is 10.2. The van der Waals surface area contributed by atoms with Crippen LogP contribution in [0.5, 0.6) is 0 Å². The van der Waals surface area contributed by atoms with Crippen LogP contribution in [0.25, 0.3) is 10.9 Å². The zero-order valence-electron chi connectivity index (χ0n) is 11.0. The Morgan fingerprint density at radius 2 is 1.94 bits per heavy atom. The molecule has 1 aromatic carbocycles. The minimum Gasteiger partial charge on any atom is -0.323 e. The Morgan fingerprint density at radius 1 is 1.17 bits per heavy atom. The van der Waals surface area contributed by atoms with Crippen LogP contribution < -0.4 is 11.3 Å². The molecule has 0 aliphatic heterocycles. The normalized spacial score (nSPS) is 14.6. The molecule has 1 aliphatic carbocycles. The van der Waals surface area contributed by atoms with E-state index in [9.17, 15) is 0 Å². The lowest BCUT2D eigenvalue weighted by Gasteiger charge is -2.21. The molecule has 1 heterocycles. The number of hydrazine groups is 1. The van der Waals surface area contributed by atoms with Crippen molar-refractivity contribution >= 4 is 16.6 Å². The Balaban J connectivity index is 2.40. The Labute approximate surface area is 107 Å². The quantitative estimate of drug-likeness (QED) is 0.596. The zero-order chi connectivity index (χ0) is 12.7. The topological polar surface area (TPSA) is 50.9 Å². The third kappa shape index (κ3) is 1.58. The van der Waals surface area contributed by atoms with Gasteiger partial charge >= 0.3 is 0 Å². The molecule has 0 fully saturated rings. The predicted octanol–water partition coefficient (Wildman–Crippen LogP) is 3.02. The molecule has 2 aromatic rings. The number of benzene rings is 1. The summed E-state index contributed by atoms with van der Waals surface area (Å²) in [6.07, 6.45) is 4.64. The van der Waals surface area contributed by atoms with Crippen molar-refractivity contribution in [3.63, 3.8) is 0 Å². The van der Waals surface area contributed by atoms with E-state index in [-0.39, 0.29) is 0 Å². The molecule has 94 valence electrons. The first-order valence-corrected chi connectivity index (χ1v) is 6.60. The van der Waals surface area contributed by atoms with Crippen molar-refractivity contribution in [2.24, 2.45) is 5.84 Å². The summed E-state index contributed by atoms with van der Waals surface area (Å²) in [5, 5.41) is 1.15. The van der Waals surface area contributed by atoms with E-state index in [0.29, 0.717) is 0 Å². The van der Waals surface area contributed by atoms with E-state index in [1.54, 1.807) is 0 Å². The summed E-state index contributed by atoms with van der Waals surface area (Å²) in [6.45, 7) is 4.27. The van der Waals surface area contributed by atoms with Gasteiger partial charge < -0.3 is 5.43 Å². The van der Waals surface area contributed by atoms with E-state index in [0.717, 1.165) is 29.4 Å². The number of hydrogen-bond donors (Lipinski definition) is 2. The lowest BCUT2D eigenvalue weighted by molar-refractivity contribution is 0.672. The number of nitrogen functional groups attached to an aromatic ring is 1. The molecule has 1 aliphatic rings. The molecular weight excluding hydrogens is 222 g/mol. The zero-order valence-corrected chi connectivity index (χ0v) is 11.0. The van der Waals surface area contributed by atoms with E-state index in [1.807, 2.05) is 0 Å². The van der Waals surface area contributed by atoms with Gasteiger partial charge in [-0.25, -0.2) is 0 Å². The second-order valence-electron chi connectivity index (χ2n) is 5.17. The summed E-state index contributed by atoms with van der Waals surface area (Å²) in [6, 6.07) is 4.28. The molecule has 0 saturated heterocycles. The first-order chi connectivity index (χ1) is 8.72. The van der Waals surface area contributed by atoms with Gasteiger partial charge in [-0.3, -0.25) is 10.8 Å². The van der Waals surface area contributed by atoms with Crippen molar-refractivity contribution in [3.05, 3.63) is 34.5 Å². The van der Waals surface area contributed by atoms with Crippen LogP contribution in [0.3, 0.4) is 0 Å². The van der Waals surface area contributed by atoms with Gasteiger partial charge in [0.1, 0.15) is 0 Å². The second kappa shape index (κ2) is 4.25. The van der Waals surface area contributed by atoms with Gasteiger partial charge in [-0.05, 0) is 56.2 Å². The average molecular weight is 241 g/mol. The molecule has 1 aromatic heterocycles. The molecule has 0 atom stereocenters. The molecule has 3 rings (SSSR count). The summed E-state index contributed by atoms with van der Waals surface area (Å²) < 4.78 is 0. The highest BCUT2D eigenvalue weighted by molar-refractivity contribution is 5.95. The number of nitrogens with one attached hydrogen (secondary N) is 1. The predicted molar refractivity (Wildman–Crippen MR) is 75.7 cm³/mol. The molecule has 18 heavy (non-hydrogen) atoms. The number of nitrogens with two attached hydrogens (primary N) is 1. The molecule has 3 N–H and O–H groups in total. The van der Waals surface area contributed by atoms with E-state index in [1.165, 1.54) is 35.2 Å². The molecule has 0 saturated carbocycles. The standard InChI is InChI=1S/C15H19N3/c1-9-7-8-12-14(10(9)2)17-13-6-4-3-5-11(13)15(12)18-16/h7-8H,3-6,16H2,1-2H3,(H,17,18). The van der Waals surface area contributed by atoms with Crippen LogP contribution in [0, 0.1) is 13.8 Å². The average Bonchev–Trinajstić information content (AvgIpc) is 2.41. The number of hydrogen-bond acceptors (Lipinski definition) is 3. The van der Waals surface area contributed by atoms with Gasteiger partial charge in [0.25, 0.3) is 0 Å². The first kappa shape index (κ1) is 11.5. The maximum atomic E-state index is 5.75. The maximum absolute atomic E-state index is 5.75. The van der Waals surface area contributed by atoms with Crippen LogP contribution in [-0.4, -0.2) is 4.98 Å². The number of rotatable bonds is 1. The molecule has 0 spiro atoms. The summed E-state index contributed by atoms with van der Waals surface area (Å²) in [7, 11) is 0. The van der Waals surface area contributed by atoms with Crippen molar-refractivity contribution in [2.45, 2.75) is 39.5 Å². The highest BCUT2D eigenvalue weighted by Crippen LogP contribution is 2.34. The van der Waals surface area contributed by atoms with Crippen LogP contribution in [0.15, 0.2) is 12.1 Å². The molecule has 3 heteroatoms. The Bertz CT molecular complexity index is 617. The van der Waals surface area contributed by atoms with Crippen molar-refractivity contribution < 1.29 is 0 Å². The van der Waals surface area contributed by atoms with Crippen molar-refractivity contribution in [3.8, 4) is 0 Å². The molecule has 3 nitrogen and oxygen atoms in total.